The van der Waals surface area contributed by atoms with Crippen molar-refractivity contribution >= 4 is 40.3 Å². The van der Waals surface area contributed by atoms with Crippen LogP contribution in [0.4, 0.5) is 28.4 Å². The topological polar surface area (TPSA) is 98.6 Å². The van der Waals surface area contributed by atoms with Gasteiger partial charge in [-0.1, -0.05) is 0 Å². The summed E-state index contributed by atoms with van der Waals surface area (Å²) in [6.45, 7) is 3.59. The minimum Gasteiger partial charge on any atom is -0.393 e. The van der Waals surface area contributed by atoms with Crippen molar-refractivity contribution in [2.24, 2.45) is 7.05 Å². The van der Waals surface area contributed by atoms with E-state index in [0.717, 1.165) is 54.2 Å². The maximum Gasteiger partial charge on any atom is 0.272 e. The number of hydrogen-bond acceptors (Lipinski definition) is 5. The lowest BCUT2D eigenvalue weighted by Gasteiger charge is -2.31. The number of carbonyl (C=O) groups is 2. The molecule has 0 unspecified atom stereocenters. The summed E-state index contributed by atoms with van der Waals surface area (Å²) in [5, 5.41) is 19.0. The van der Waals surface area contributed by atoms with Crippen LogP contribution in [-0.2, 0) is 7.05 Å². The zero-order valence-electron chi connectivity index (χ0n) is 22.1. The molecule has 8 heteroatoms. The lowest BCUT2D eigenvalue weighted by molar-refractivity contribution is 0.101. The van der Waals surface area contributed by atoms with E-state index in [-0.39, 0.29) is 17.9 Å². The van der Waals surface area contributed by atoms with Gasteiger partial charge in [0.05, 0.1) is 6.10 Å². The van der Waals surface area contributed by atoms with Gasteiger partial charge in [0.15, 0.2) is 0 Å². The summed E-state index contributed by atoms with van der Waals surface area (Å²) in [5.74, 6) is -0.317. The molecule has 4 N–H and O–H groups in total. The van der Waals surface area contributed by atoms with Crippen LogP contribution < -0.4 is 20.9 Å². The summed E-state index contributed by atoms with van der Waals surface area (Å²) < 4.78 is 1.78. The molecule has 1 aliphatic heterocycles. The maximum absolute atomic E-state index is 12.8. The molecule has 8 nitrogen and oxygen atoms in total. The van der Waals surface area contributed by atoms with Crippen molar-refractivity contribution in [1.29, 1.82) is 0 Å². The fourth-order valence-electron chi connectivity index (χ4n) is 4.72. The van der Waals surface area contributed by atoms with Gasteiger partial charge in [-0.3, -0.25) is 9.59 Å². The van der Waals surface area contributed by atoms with Crippen LogP contribution in [0.5, 0.6) is 0 Å². The Balaban J connectivity index is 1.16. The van der Waals surface area contributed by atoms with E-state index in [0.29, 0.717) is 16.9 Å². The lowest BCUT2D eigenvalue weighted by Crippen LogP contribution is -2.35. The van der Waals surface area contributed by atoms with Crippen molar-refractivity contribution in [3.8, 4) is 0 Å². The number of anilines is 5. The van der Waals surface area contributed by atoms with Crippen LogP contribution in [-0.4, -0.2) is 40.7 Å². The summed E-state index contributed by atoms with van der Waals surface area (Å²) in [4.78, 5) is 27.5. The van der Waals surface area contributed by atoms with Crippen LogP contribution in [0, 0.1) is 6.92 Å². The molecule has 200 valence electrons. The number of carbonyl (C=O) groups excluding carboxylic acids is 2. The standard InChI is InChI=1S/C31H33N5O3/c1-21-20-25(11-14-28(21)34-31(39)29-4-3-17-35(29)2)32-23-7-9-24(10-8-23)33-30(38)22-5-12-26(13-6-22)36-18-15-27(37)16-19-36/h3-14,17,20,27,32,37H,15-16,18-19H2,1-2H3,(H,33,38)(H,34,39). The predicted octanol–water partition coefficient (Wildman–Crippen LogP) is 5.54. The Labute approximate surface area is 228 Å². The van der Waals surface area contributed by atoms with Gasteiger partial charge in [-0.15, -0.1) is 0 Å². The number of nitrogens with one attached hydrogen (secondary N) is 3. The number of aryl methyl sites for hydroxylation is 2. The van der Waals surface area contributed by atoms with Crippen LogP contribution in [0.1, 0.15) is 39.3 Å². The lowest BCUT2D eigenvalue weighted by atomic mass is 10.1. The van der Waals surface area contributed by atoms with E-state index in [4.69, 9.17) is 0 Å². The number of aromatic nitrogens is 1. The number of aliphatic hydroxyl groups excluding tert-OH is 1. The van der Waals surface area contributed by atoms with Crippen molar-refractivity contribution in [3.05, 3.63) is 102 Å². The molecule has 4 aromatic rings. The van der Waals surface area contributed by atoms with Gasteiger partial charge in [-0.25, -0.2) is 0 Å². The molecule has 0 bridgehead atoms. The number of benzene rings is 3. The molecule has 0 aliphatic carbocycles. The fourth-order valence-corrected chi connectivity index (χ4v) is 4.72. The van der Waals surface area contributed by atoms with Gasteiger partial charge in [0.2, 0.25) is 0 Å². The molecule has 1 aliphatic rings. The number of hydrogen-bond donors (Lipinski definition) is 4. The molecule has 1 saturated heterocycles. The van der Waals surface area contributed by atoms with Crippen LogP contribution in [0.25, 0.3) is 0 Å². The molecule has 3 aromatic carbocycles. The highest BCUT2D eigenvalue weighted by molar-refractivity contribution is 6.05. The third-order valence-corrected chi connectivity index (χ3v) is 7.04. The van der Waals surface area contributed by atoms with E-state index >= 15 is 0 Å². The average molecular weight is 524 g/mol. The second-order valence-electron chi connectivity index (χ2n) is 9.91. The van der Waals surface area contributed by atoms with Crippen LogP contribution in [0.2, 0.25) is 0 Å². The molecule has 1 aromatic heterocycles. The highest BCUT2D eigenvalue weighted by Crippen LogP contribution is 2.25. The number of rotatable bonds is 7. The van der Waals surface area contributed by atoms with Gasteiger partial charge in [0, 0.05) is 60.3 Å². The Hall–Kier alpha value is -4.56. The summed E-state index contributed by atoms with van der Waals surface area (Å²) >= 11 is 0. The number of piperidine rings is 1. The first-order valence-corrected chi connectivity index (χ1v) is 13.1. The highest BCUT2D eigenvalue weighted by atomic mass is 16.3. The van der Waals surface area contributed by atoms with Crippen molar-refractivity contribution in [2.75, 3.05) is 33.9 Å². The third-order valence-electron chi connectivity index (χ3n) is 7.04. The van der Waals surface area contributed by atoms with E-state index < -0.39 is 0 Å². The second kappa shape index (κ2) is 11.4. The Morgan fingerprint density at radius 3 is 2.13 bits per heavy atom. The molecular weight excluding hydrogens is 490 g/mol. The quantitative estimate of drug-likeness (QED) is 0.255. The van der Waals surface area contributed by atoms with Gasteiger partial charge in [0.25, 0.3) is 11.8 Å². The summed E-state index contributed by atoms with van der Waals surface area (Å²) in [7, 11) is 1.84. The monoisotopic (exact) mass is 523 g/mol. The molecule has 39 heavy (non-hydrogen) atoms. The SMILES string of the molecule is Cc1cc(Nc2ccc(NC(=O)c3ccc(N4CCC(O)CC4)cc3)cc2)ccc1NC(=O)c1cccn1C. The van der Waals surface area contributed by atoms with Gasteiger partial charge in [-0.2, -0.15) is 0 Å². The molecule has 0 radical (unpaired) electrons. The molecule has 1 fully saturated rings. The molecule has 2 amide bonds. The van der Waals surface area contributed by atoms with Gasteiger partial charge < -0.3 is 30.5 Å². The van der Waals surface area contributed by atoms with Crippen molar-refractivity contribution in [1.82, 2.24) is 4.57 Å². The van der Waals surface area contributed by atoms with Gasteiger partial charge >= 0.3 is 0 Å². The maximum atomic E-state index is 12.8. The van der Waals surface area contributed by atoms with Crippen LogP contribution in [0.15, 0.2) is 85.1 Å². The molecule has 0 atom stereocenters. The molecular formula is C31H33N5O3. The largest absolute Gasteiger partial charge is 0.393 e. The minimum absolute atomic E-state index is 0.150. The first-order valence-electron chi connectivity index (χ1n) is 13.1. The first kappa shape index (κ1) is 26.1. The normalized spacial score (nSPS) is 13.7. The van der Waals surface area contributed by atoms with E-state index in [1.165, 1.54) is 0 Å². The summed E-state index contributed by atoms with van der Waals surface area (Å²) in [6, 6.07) is 24.5. The molecule has 0 saturated carbocycles. The van der Waals surface area contributed by atoms with Gasteiger partial charge in [-0.05, 0) is 104 Å². The Kier molecular flexibility index (Phi) is 7.65. The minimum atomic E-state index is -0.211. The van der Waals surface area contributed by atoms with Crippen molar-refractivity contribution < 1.29 is 14.7 Å². The first-order chi connectivity index (χ1) is 18.9. The summed E-state index contributed by atoms with van der Waals surface area (Å²) in [6.07, 6.45) is 3.17. The molecule has 2 heterocycles. The zero-order valence-corrected chi connectivity index (χ0v) is 22.1. The highest BCUT2D eigenvalue weighted by Gasteiger charge is 2.17. The van der Waals surface area contributed by atoms with Crippen LogP contribution in [0.3, 0.4) is 0 Å². The number of aliphatic hydroxyl groups is 1. The van der Waals surface area contributed by atoms with E-state index in [9.17, 15) is 14.7 Å². The van der Waals surface area contributed by atoms with Crippen molar-refractivity contribution in [3.63, 3.8) is 0 Å². The third kappa shape index (κ3) is 6.30. The average Bonchev–Trinajstić information content (AvgIpc) is 3.38. The zero-order chi connectivity index (χ0) is 27.4. The predicted molar refractivity (Wildman–Crippen MR) is 156 cm³/mol. The fraction of sp³-hybridized carbons (Fsp3) is 0.226. The Morgan fingerprint density at radius 2 is 1.49 bits per heavy atom. The van der Waals surface area contributed by atoms with E-state index in [2.05, 4.69) is 20.9 Å². The van der Waals surface area contributed by atoms with E-state index in [1.807, 2.05) is 93.0 Å². The molecule has 5 rings (SSSR count). The summed E-state index contributed by atoms with van der Waals surface area (Å²) in [5.41, 5.74) is 6.43. The smallest absolute Gasteiger partial charge is 0.272 e. The van der Waals surface area contributed by atoms with Crippen LogP contribution >= 0.6 is 0 Å². The second-order valence-corrected chi connectivity index (χ2v) is 9.91. The van der Waals surface area contributed by atoms with E-state index in [1.54, 1.807) is 10.6 Å². The van der Waals surface area contributed by atoms with Crippen molar-refractivity contribution in [2.45, 2.75) is 25.9 Å². The Bertz CT molecular complexity index is 1450. The van der Waals surface area contributed by atoms with Gasteiger partial charge in [0.1, 0.15) is 5.69 Å². The Morgan fingerprint density at radius 1 is 0.821 bits per heavy atom. The number of nitrogens with zero attached hydrogens (tertiary/aromatic N) is 2. The number of amides is 2. The molecule has 0 spiro atoms.